The molecule has 1 saturated heterocycles. The predicted octanol–water partition coefficient (Wildman–Crippen LogP) is 1.74. The van der Waals surface area contributed by atoms with Gasteiger partial charge in [-0.1, -0.05) is 0 Å². The van der Waals surface area contributed by atoms with E-state index in [0.29, 0.717) is 26.0 Å². The average Bonchev–Trinajstić information content (AvgIpc) is 3.12. The van der Waals surface area contributed by atoms with E-state index in [2.05, 4.69) is 32.3 Å². The molecule has 3 heterocycles. The molecular weight excluding hydrogens is 533 g/mol. The van der Waals surface area contributed by atoms with Gasteiger partial charge in [-0.05, 0) is 6.07 Å². The first-order chi connectivity index (χ1) is 17.6. The molecule has 4 rings (SSSR count). The Kier molecular flexibility index (Phi) is 8.14. The number of piperidine rings is 1. The third-order valence-electron chi connectivity index (χ3n) is 6.68. The van der Waals surface area contributed by atoms with E-state index in [1.54, 1.807) is 32.0 Å². The summed E-state index contributed by atoms with van der Waals surface area (Å²) in [6.07, 6.45) is 2.51. The Morgan fingerprint density at radius 1 is 1.19 bits per heavy atom. The number of amides is 3. The predicted molar refractivity (Wildman–Crippen MR) is 140 cm³/mol. The van der Waals surface area contributed by atoms with E-state index in [4.69, 9.17) is 4.74 Å². The van der Waals surface area contributed by atoms with Gasteiger partial charge in [-0.3, -0.25) is 0 Å². The Morgan fingerprint density at radius 3 is 2.59 bits per heavy atom. The summed E-state index contributed by atoms with van der Waals surface area (Å²) >= 11 is 2.32. The Balaban J connectivity index is 1.54. The number of aromatic nitrogens is 1. The number of hydrogen-bond acceptors (Lipinski definition) is 6. The van der Waals surface area contributed by atoms with Gasteiger partial charge in [-0.2, -0.15) is 0 Å². The van der Waals surface area contributed by atoms with Crippen LogP contribution in [0.25, 0.3) is 0 Å². The molecule has 2 aliphatic rings. The van der Waals surface area contributed by atoms with Gasteiger partial charge >= 0.3 is 220 Å². The zero-order valence-electron chi connectivity index (χ0n) is 21.4. The van der Waals surface area contributed by atoms with Gasteiger partial charge in [0.15, 0.2) is 0 Å². The number of benzene rings is 1. The van der Waals surface area contributed by atoms with Crippen molar-refractivity contribution in [3.63, 3.8) is 0 Å². The van der Waals surface area contributed by atoms with Crippen LogP contribution in [0.15, 0.2) is 59.8 Å². The number of nitrogens with zero attached hydrogens (tertiary/aromatic N) is 4. The SMILES string of the molecule is CN1N=C2CCN(C(=O)C(COCc3ccccc3)NC(=O)C(C)(C)[As])CC2(Cc2ccccn2)C1=O. The molecule has 9 nitrogen and oxygen atoms in total. The molecule has 1 fully saturated rings. The number of ether oxygens (including phenoxy) is 1. The van der Waals surface area contributed by atoms with Gasteiger partial charge in [0.2, 0.25) is 0 Å². The van der Waals surface area contributed by atoms with Gasteiger partial charge < -0.3 is 0 Å². The van der Waals surface area contributed by atoms with Crippen LogP contribution >= 0.6 is 0 Å². The Labute approximate surface area is 226 Å². The van der Waals surface area contributed by atoms with Gasteiger partial charge in [0.1, 0.15) is 0 Å². The third kappa shape index (κ3) is 6.10. The molecule has 194 valence electrons. The summed E-state index contributed by atoms with van der Waals surface area (Å²) in [5, 5.41) is 8.74. The number of hydrogen-bond donors (Lipinski definition) is 1. The number of fused-ring (bicyclic) bond motifs is 1. The second-order valence-electron chi connectivity index (χ2n) is 10.1. The van der Waals surface area contributed by atoms with Crippen molar-refractivity contribution < 1.29 is 19.1 Å². The number of rotatable bonds is 9. The van der Waals surface area contributed by atoms with Gasteiger partial charge in [-0.25, -0.2) is 0 Å². The number of carbonyl (C=O) groups is 3. The van der Waals surface area contributed by atoms with Crippen molar-refractivity contribution in [2.24, 2.45) is 10.5 Å². The molecule has 1 N–H and O–H groups in total. The van der Waals surface area contributed by atoms with E-state index in [0.717, 1.165) is 17.0 Å². The first kappa shape index (κ1) is 27.0. The van der Waals surface area contributed by atoms with Crippen molar-refractivity contribution in [2.45, 2.75) is 43.5 Å². The molecule has 1 aromatic carbocycles. The fourth-order valence-electron chi connectivity index (χ4n) is 4.68. The summed E-state index contributed by atoms with van der Waals surface area (Å²) in [7, 11) is 1.64. The molecule has 0 aliphatic carbocycles. The molecule has 2 aromatic rings. The van der Waals surface area contributed by atoms with Gasteiger partial charge in [-0.15, -0.1) is 0 Å². The maximum absolute atomic E-state index is 13.8. The number of likely N-dealkylation sites (tertiary alicyclic amines) is 1. The maximum atomic E-state index is 13.8. The Morgan fingerprint density at radius 2 is 1.92 bits per heavy atom. The summed E-state index contributed by atoms with van der Waals surface area (Å²) < 4.78 is 5.14. The molecule has 3 amide bonds. The molecule has 2 radical (unpaired) electrons. The average molecular weight is 566 g/mol. The Hall–Kier alpha value is -3.03. The molecule has 0 bridgehead atoms. The van der Waals surface area contributed by atoms with Gasteiger partial charge in [0.25, 0.3) is 0 Å². The quantitative estimate of drug-likeness (QED) is 0.467. The van der Waals surface area contributed by atoms with E-state index in [-0.39, 0.29) is 30.9 Å². The van der Waals surface area contributed by atoms with Crippen LogP contribution in [0.2, 0.25) is 4.20 Å². The second kappa shape index (κ2) is 11.2. The molecule has 2 unspecified atom stereocenters. The van der Waals surface area contributed by atoms with Crippen LogP contribution in [-0.2, 0) is 32.1 Å². The minimum absolute atomic E-state index is 0.0150. The van der Waals surface area contributed by atoms with E-state index in [1.165, 1.54) is 5.01 Å². The molecular formula is C27H32AsN5O4. The van der Waals surface area contributed by atoms with Crippen LogP contribution in [0.3, 0.4) is 0 Å². The summed E-state index contributed by atoms with van der Waals surface area (Å²) in [4.78, 5) is 46.1. The number of hydrazone groups is 1. The number of carbonyl (C=O) groups excluding carboxylic acids is 3. The van der Waals surface area contributed by atoms with Crippen molar-refractivity contribution >= 4 is 40.3 Å². The van der Waals surface area contributed by atoms with Crippen LogP contribution in [0, 0.1) is 5.41 Å². The molecule has 1 aromatic heterocycles. The van der Waals surface area contributed by atoms with E-state index in [1.807, 2.05) is 48.5 Å². The fraction of sp³-hybridized carbons (Fsp3) is 0.444. The third-order valence-corrected chi connectivity index (χ3v) is 7.11. The van der Waals surface area contributed by atoms with Crippen LogP contribution in [0.1, 0.15) is 31.5 Å². The van der Waals surface area contributed by atoms with Crippen LogP contribution in [0.5, 0.6) is 0 Å². The molecule has 2 aliphatic heterocycles. The fourth-order valence-corrected chi connectivity index (χ4v) is 4.82. The molecule has 0 saturated carbocycles. The van der Waals surface area contributed by atoms with E-state index < -0.39 is 15.7 Å². The summed E-state index contributed by atoms with van der Waals surface area (Å²) in [6.45, 7) is 4.44. The van der Waals surface area contributed by atoms with E-state index in [9.17, 15) is 14.4 Å². The summed E-state index contributed by atoms with van der Waals surface area (Å²) in [6, 6.07) is 14.3. The van der Waals surface area contributed by atoms with Crippen molar-refractivity contribution in [2.75, 3.05) is 26.7 Å². The minimum atomic E-state index is -0.975. The molecule has 37 heavy (non-hydrogen) atoms. The van der Waals surface area contributed by atoms with Crippen molar-refractivity contribution in [3.8, 4) is 0 Å². The summed E-state index contributed by atoms with van der Waals surface area (Å²) in [5.41, 5.74) is 1.52. The topological polar surface area (TPSA) is 104 Å². The molecule has 2 atom stereocenters. The van der Waals surface area contributed by atoms with Crippen molar-refractivity contribution in [1.29, 1.82) is 0 Å². The van der Waals surface area contributed by atoms with Crippen LogP contribution < -0.4 is 5.32 Å². The number of pyridine rings is 1. The monoisotopic (exact) mass is 565 g/mol. The second-order valence-corrected chi connectivity index (χ2v) is 12.4. The van der Waals surface area contributed by atoms with Crippen LogP contribution in [0.4, 0.5) is 0 Å². The standard InChI is InChI=1S/C27H32AsN5O4/c1-26(2,28)24(35)30-21(17-37-16-19-9-5-4-6-10-19)23(34)33-14-12-22-27(18-33,25(36)32(3)31-22)15-20-11-7-8-13-29-20/h4-11,13,21H,12,14-18H2,1-3H3,(H,30,35). The van der Waals surface area contributed by atoms with Gasteiger partial charge in [0, 0.05) is 0 Å². The zero-order chi connectivity index (χ0) is 26.6. The molecule has 10 heteroatoms. The number of nitrogens with one attached hydrogen (secondary N) is 1. The first-order valence-electron chi connectivity index (χ1n) is 12.3. The van der Waals surface area contributed by atoms with Crippen LogP contribution in [-0.4, -0.2) is 88.0 Å². The van der Waals surface area contributed by atoms with E-state index >= 15 is 0 Å². The first-order valence-corrected chi connectivity index (χ1v) is 13.2. The normalized spacial score (nSPS) is 20.3. The van der Waals surface area contributed by atoms with Crippen molar-refractivity contribution in [3.05, 3.63) is 66.0 Å². The zero-order valence-corrected chi connectivity index (χ0v) is 23.3. The van der Waals surface area contributed by atoms with Crippen molar-refractivity contribution in [1.82, 2.24) is 20.2 Å². The van der Waals surface area contributed by atoms with Gasteiger partial charge in [0.05, 0.1) is 0 Å². The Bertz CT molecular complexity index is 1170. The summed E-state index contributed by atoms with van der Waals surface area (Å²) in [5.74, 6) is -0.702. The molecule has 0 spiro atoms.